The number of benzene rings is 2. The summed E-state index contributed by atoms with van der Waals surface area (Å²) < 4.78 is 5.84. The van der Waals surface area contributed by atoms with Crippen molar-refractivity contribution < 1.29 is 9.53 Å². The number of ether oxygens (including phenoxy) is 1. The Labute approximate surface area is 191 Å². The van der Waals surface area contributed by atoms with Gasteiger partial charge in [0.15, 0.2) is 5.78 Å². The molecule has 5 nitrogen and oxygen atoms in total. The minimum atomic E-state index is -0.146. The number of ketones is 1. The van der Waals surface area contributed by atoms with Crippen LogP contribution in [-0.2, 0) is 0 Å². The maximum atomic E-state index is 13.5. The Bertz CT molecular complexity index is 1250. The lowest BCUT2D eigenvalue weighted by molar-refractivity contribution is 0.104. The lowest BCUT2D eigenvalue weighted by Crippen LogP contribution is -2.22. The second-order valence-corrected chi connectivity index (χ2v) is 8.56. The summed E-state index contributed by atoms with van der Waals surface area (Å²) >= 11 is 6.51. The molecule has 0 spiro atoms. The Morgan fingerprint density at radius 2 is 1.81 bits per heavy atom. The molecule has 1 aliphatic rings. The van der Waals surface area contributed by atoms with Gasteiger partial charge in [0, 0.05) is 35.8 Å². The summed E-state index contributed by atoms with van der Waals surface area (Å²) in [5.41, 5.74) is 2.62. The zero-order chi connectivity index (χ0) is 21.9. The van der Waals surface area contributed by atoms with Gasteiger partial charge >= 0.3 is 0 Å². The van der Waals surface area contributed by atoms with E-state index in [-0.39, 0.29) is 5.78 Å². The highest BCUT2D eigenvalue weighted by molar-refractivity contribution is 6.35. The molecular weight excluding hydrogens is 422 g/mol. The van der Waals surface area contributed by atoms with E-state index < -0.39 is 0 Å². The molecule has 2 aromatic carbocycles. The maximum absolute atomic E-state index is 13.5. The van der Waals surface area contributed by atoms with Crippen molar-refractivity contribution in [2.45, 2.75) is 38.1 Å². The van der Waals surface area contributed by atoms with Crippen LogP contribution in [0.4, 0.5) is 5.69 Å². The third kappa shape index (κ3) is 4.21. The van der Waals surface area contributed by atoms with Crippen molar-refractivity contribution in [1.82, 2.24) is 9.97 Å². The van der Waals surface area contributed by atoms with Gasteiger partial charge in [-0.05, 0) is 43.2 Å². The van der Waals surface area contributed by atoms with Gasteiger partial charge in [-0.1, -0.05) is 49.1 Å². The molecule has 0 amide bonds. The Morgan fingerprint density at radius 3 is 2.59 bits per heavy atom. The normalized spacial score (nSPS) is 14.4. The van der Waals surface area contributed by atoms with Gasteiger partial charge < -0.3 is 15.0 Å². The smallest absolute Gasteiger partial charge is 0.196 e. The number of fused-ring (bicyclic) bond motifs is 1. The first kappa shape index (κ1) is 20.6. The number of halogens is 1. The van der Waals surface area contributed by atoms with Crippen LogP contribution in [0.5, 0.6) is 11.5 Å². The maximum Gasteiger partial charge on any atom is 0.196 e. The molecule has 1 saturated carbocycles. The minimum Gasteiger partial charge on any atom is -0.457 e. The van der Waals surface area contributed by atoms with Gasteiger partial charge in [0.2, 0.25) is 0 Å². The van der Waals surface area contributed by atoms with Crippen LogP contribution in [0.15, 0.2) is 67.0 Å². The molecule has 1 fully saturated rings. The van der Waals surface area contributed by atoms with Crippen molar-refractivity contribution in [3.05, 3.63) is 83.1 Å². The van der Waals surface area contributed by atoms with Gasteiger partial charge in [0.05, 0.1) is 16.0 Å². The Hall–Kier alpha value is -3.31. The molecule has 0 radical (unpaired) electrons. The van der Waals surface area contributed by atoms with Crippen LogP contribution in [0, 0.1) is 0 Å². The summed E-state index contributed by atoms with van der Waals surface area (Å²) in [5.74, 6) is 1.15. The first-order valence-electron chi connectivity index (χ1n) is 11.0. The molecule has 5 rings (SSSR count). The van der Waals surface area contributed by atoms with E-state index in [1.165, 1.54) is 19.3 Å². The highest BCUT2D eigenvalue weighted by atomic mass is 35.5. The van der Waals surface area contributed by atoms with Crippen molar-refractivity contribution in [3.63, 3.8) is 0 Å². The fourth-order valence-corrected chi connectivity index (χ4v) is 4.59. The molecule has 2 N–H and O–H groups in total. The first-order valence-corrected chi connectivity index (χ1v) is 11.4. The number of aromatic nitrogens is 2. The molecule has 2 aromatic heterocycles. The van der Waals surface area contributed by atoms with Crippen LogP contribution in [-0.4, -0.2) is 21.8 Å². The van der Waals surface area contributed by atoms with Crippen molar-refractivity contribution >= 4 is 34.1 Å². The summed E-state index contributed by atoms with van der Waals surface area (Å²) in [5, 5.41) is 4.80. The zero-order valence-electron chi connectivity index (χ0n) is 17.6. The SMILES string of the molecule is O=C(c1ccc(Oc2ccccc2)cc1Cl)c1c[nH]c2nccc(NC3CCCCC3)c12. The second kappa shape index (κ2) is 9.05. The number of nitrogens with one attached hydrogen (secondary N) is 2. The average Bonchev–Trinajstić information content (AvgIpc) is 3.26. The third-order valence-electron chi connectivity index (χ3n) is 5.95. The standard InChI is InChI=1S/C26H24ClN3O2/c27-22-15-19(32-18-9-5-2-6-10-18)11-12-20(22)25(31)21-16-29-26-24(21)23(13-14-28-26)30-17-7-3-1-4-8-17/h2,5-6,9-17H,1,3-4,7-8H2,(H2,28,29,30). The molecule has 1 aliphatic carbocycles. The van der Waals surface area contributed by atoms with E-state index in [0.29, 0.717) is 39.3 Å². The molecule has 0 unspecified atom stereocenters. The molecule has 6 heteroatoms. The van der Waals surface area contributed by atoms with E-state index in [1.807, 2.05) is 36.4 Å². The topological polar surface area (TPSA) is 67.0 Å². The van der Waals surface area contributed by atoms with E-state index in [1.54, 1.807) is 30.6 Å². The monoisotopic (exact) mass is 445 g/mol. The van der Waals surface area contributed by atoms with Crippen LogP contribution in [0.3, 0.4) is 0 Å². The van der Waals surface area contributed by atoms with Crippen molar-refractivity contribution in [2.24, 2.45) is 0 Å². The number of pyridine rings is 1. The summed E-state index contributed by atoms with van der Waals surface area (Å²) in [6, 6.07) is 17.0. The predicted octanol–water partition coefficient (Wildman–Crippen LogP) is 6.98. The fourth-order valence-electron chi connectivity index (χ4n) is 4.34. The van der Waals surface area contributed by atoms with E-state index >= 15 is 0 Å². The first-order chi connectivity index (χ1) is 15.7. The van der Waals surface area contributed by atoms with Crippen LogP contribution < -0.4 is 10.1 Å². The number of rotatable bonds is 6. The van der Waals surface area contributed by atoms with Gasteiger partial charge in [-0.25, -0.2) is 4.98 Å². The molecule has 162 valence electrons. The number of carbonyl (C=O) groups excluding carboxylic acids is 1. The number of para-hydroxylation sites is 1. The number of nitrogens with zero attached hydrogens (tertiary/aromatic N) is 1. The summed E-state index contributed by atoms with van der Waals surface area (Å²) in [4.78, 5) is 21.0. The van der Waals surface area contributed by atoms with E-state index in [4.69, 9.17) is 16.3 Å². The average molecular weight is 446 g/mol. The molecule has 0 bridgehead atoms. The fraction of sp³-hybridized carbons (Fsp3) is 0.231. The van der Waals surface area contributed by atoms with Crippen LogP contribution in [0.1, 0.15) is 48.0 Å². The van der Waals surface area contributed by atoms with Crippen LogP contribution >= 0.6 is 11.6 Å². The van der Waals surface area contributed by atoms with Crippen LogP contribution in [0.25, 0.3) is 11.0 Å². The molecule has 2 heterocycles. The van der Waals surface area contributed by atoms with Gasteiger partial charge in [-0.15, -0.1) is 0 Å². The number of anilines is 1. The molecule has 32 heavy (non-hydrogen) atoms. The molecule has 0 aliphatic heterocycles. The molecule has 4 aromatic rings. The number of hydrogen-bond donors (Lipinski definition) is 2. The highest BCUT2D eigenvalue weighted by Crippen LogP contribution is 2.33. The lowest BCUT2D eigenvalue weighted by atomic mass is 9.95. The molecule has 0 saturated heterocycles. The number of H-pyrrole nitrogens is 1. The van der Waals surface area contributed by atoms with Gasteiger partial charge in [0.1, 0.15) is 17.1 Å². The highest BCUT2D eigenvalue weighted by Gasteiger charge is 2.22. The number of carbonyl (C=O) groups is 1. The van der Waals surface area contributed by atoms with E-state index in [0.717, 1.165) is 23.9 Å². The number of hydrogen-bond acceptors (Lipinski definition) is 4. The summed E-state index contributed by atoms with van der Waals surface area (Å²) in [6.45, 7) is 0. The van der Waals surface area contributed by atoms with E-state index in [2.05, 4.69) is 15.3 Å². The zero-order valence-corrected chi connectivity index (χ0v) is 18.4. The lowest BCUT2D eigenvalue weighted by Gasteiger charge is -2.24. The van der Waals surface area contributed by atoms with Gasteiger partial charge in [-0.3, -0.25) is 4.79 Å². The Morgan fingerprint density at radius 1 is 1.00 bits per heavy atom. The Kier molecular flexibility index (Phi) is 5.82. The predicted molar refractivity (Wildman–Crippen MR) is 128 cm³/mol. The minimum absolute atomic E-state index is 0.146. The van der Waals surface area contributed by atoms with Gasteiger partial charge in [0.25, 0.3) is 0 Å². The molecular formula is C26H24ClN3O2. The second-order valence-electron chi connectivity index (χ2n) is 8.15. The van der Waals surface area contributed by atoms with Crippen molar-refractivity contribution in [2.75, 3.05) is 5.32 Å². The largest absolute Gasteiger partial charge is 0.457 e. The quantitative estimate of drug-likeness (QED) is 0.314. The summed E-state index contributed by atoms with van der Waals surface area (Å²) in [6.07, 6.45) is 9.53. The molecule has 0 atom stereocenters. The summed E-state index contributed by atoms with van der Waals surface area (Å²) in [7, 11) is 0. The van der Waals surface area contributed by atoms with Crippen molar-refractivity contribution in [3.8, 4) is 11.5 Å². The van der Waals surface area contributed by atoms with E-state index in [9.17, 15) is 4.79 Å². The van der Waals surface area contributed by atoms with Crippen LogP contribution in [0.2, 0.25) is 5.02 Å². The Balaban J connectivity index is 1.44. The third-order valence-corrected chi connectivity index (χ3v) is 6.26. The van der Waals surface area contributed by atoms with Gasteiger partial charge in [-0.2, -0.15) is 0 Å². The number of aromatic amines is 1. The van der Waals surface area contributed by atoms with Crippen molar-refractivity contribution in [1.29, 1.82) is 0 Å².